The fraction of sp³-hybridized carbons (Fsp3) is 1.00. The molecule has 0 aliphatic carbocycles. The van der Waals surface area contributed by atoms with Gasteiger partial charge in [0.15, 0.2) is 0 Å². The van der Waals surface area contributed by atoms with Crippen LogP contribution in [0.5, 0.6) is 0 Å². The van der Waals surface area contributed by atoms with E-state index in [2.05, 4.69) is 37.9 Å². The van der Waals surface area contributed by atoms with Crippen molar-refractivity contribution >= 4 is 0 Å². The number of nitrogens with zero attached hydrogens (tertiary/aromatic N) is 1. The number of nitrogens with one attached hydrogen (secondary N) is 1. The smallest absolute Gasteiger partial charge is 0.0618 e. The maximum atomic E-state index is 5.38. The van der Waals surface area contributed by atoms with Gasteiger partial charge in [-0.2, -0.15) is 0 Å². The second-order valence-electron chi connectivity index (χ2n) is 5.55. The van der Waals surface area contributed by atoms with Gasteiger partial charge in [-0.15, -0.1) is 0 Å². The number of rotatable bonds is 6. The highest BCUT2D eigenvalue weighted by Crippen LogP contribution is 2.23. The summed E-state index contributed by atoms with van der Waals surface area (Å²) in [7, 11) is 1.81. The zero-order chi connectivity index (χ0) is 12.9. The van der Waals surface area contributed by atoms with Crippen molar-refractivity contribution in [3.8, 4) is 0 Å². The molecule has 1 rings (SSSR count). The highest BCUT2D eigenvalue weighted by molar-refractivity contribution is 4.96. The molecule has 0 saturated carbocycles. The molecule has 0 spiro atoms. The van der Waals surface area contributed by atoms with Crippen LogP contribution in [-0.2, 0) is 4.74 Å². The first kappa shape index (κ1) is 14.9. The summed E-state index contributed by atoms with van der Waals surface area (Å²) in [6, 6.07) is 1.23. The van der Waals surface area contributed by atoms with E-state index >= 15 is 0 Å². The first-order chi connectivity index (χ1) is 8.10. The lowest BCUT2D eigenvalue weighted by molar-refractivity contribution is 0.00812. The molecule has 3 heteroatoms. The van der Waals surface area contributed by atoms with Gasteiger partial charge >= 0.3 is 0 Å². The first-order valence-electron chi connectivity index (χ1n) is 7.09. The average molecular weight is 242 g/mol. The number of hydrogen-bond donors (Lipinski definition) is 1. The lowest BCUT2D eigenvalue weighted by Gasteiger charge is -2.49. The first-order valence-corrected chi connectivity index (χ1v) is 7.09. The van der Waals surface area contributed by atoms with Gasteiger partial charge in [-0.05, 0) is 26.2 Å². The Kier molecular flexibility index (Phi) is 5.90. The molecule has 1 heterocycles. The van der Waals surface area contributed by atoms with Crippen LogP contribution in [0.15, 0.2) is 0 Å². The van der Waals surface area contributed by atoms with Crippen LogP contribution in [0.2, 0.25) is 0 Å². The van der Waals surface area contributed by atoms with Gasteiger partial charge in [0, 0.05) is 37.8 Å². The van der Waals surface area contributed by atoms with Crippen molar-refractivity contribution < 1.29 is 4.74 Å². The molecule has 3 atom stereocenters. The molecule has 0 amide bonds. The topological polar surface area (TPSA) is 24.5 Å². The predicted octanol–water partition coefficient (Wildman–Crippen LogP) is 2.26. The van der Waals surface area contributed by atoms with Crippen LogP contribution >= 0.6 is 0 Å². The van der Waals surface area contributed by atoms with Gasteiger partial charge in [0.1, 0.15) is 0 Å². The van der Waals surface area contributed by atoms with E-state index in [9.17, 15) is 0 Å². The quantitative estimate of drug-likeness (QED) is 0.773. The summed E-state index contributed by atoms with van der Waals surface area (Å²) in [6.45, 7) is 12.3. The Morgan fingerprint density at radius 1 is 1.41 bits per heavy atom. The minimum atomic E-state index is 0.271. The number of hydrogen-bond acceptors (Lipinski definition) is 3. The Morgan fingerprint density at radius 3 is 2.59 bits per heavy atom. The van der Waals surface area contributed by atoms with Crippen molar-refractivity contribution in [3.05, 3.63) is 0 Å². The molecular weight excluding hydrogens is 212 g/mol. The number of piperazine rings is 1. The molecule has 0 aromatic rings. The molecule has 0 aromatic carbocycles. The van der Waals surface area contributed by atoms with Gasteiger partial charge in [0.25, 0.3) is 0 Å². The van der Waals surface area contributed by atoms with Gasteiger partial charge < -0.3 is 10.1 Å². The van der Waals surface area contributed by atoms with Crippen molar-refractivity contribution in [1.82, 2.24) is 10.2 Å². The molecular formula is C14H30N2O. The molecule has 3 unspecified atom stereocenters. The van der Waals surface area contributed by atoms with Crippen LogP contribution in [0, 0.1) is 0 Å². The van der Waals surface area contributed by atoms with Crippen molar-refractivity contribution in [2.45, 2.75) is 64.6 Å². The second kappa shape index (κ2) is 6.72. The number of ether oxygens (including phenoxy) is 1. The van der Waals surface area contributed by atoms with Crippen LogP contribution in [0.25, 0.3) is 0 Å². The number of methoxy groups -OCH3 is 1. The fourth-order valence-corrected chi connectivity index (χ4v) is 2.75. The second-order valence-corrected chi connectivity index (χ2v) is 5.55. The minimum absolute atomic E-state index is 0.271. The molecule has 0 bridgehead atoms. The van der Waals surface area contributed by atoms with Crippen LogP contribution in [0.4, 0.5) is 0 Å². The van der Waals surface area contributed by atoms with E-state index < -0.39 is 0 Å². The average Bonchev–Trinajstić information content (AvgIpc) is 2.36. The van der Waals surface area contributed by atoms with Gasteiger partial charge in [0.2, 0.25) is 0 Å². The Bertz CT molecular complexity index is 222. The minimum Gasteiger partial charge on any atom is -0.383 e. The van der Waals surface area contributed by atoms with Crippen LogP contribution in [-0.4, -0.2) is 49.3 Å². The molecule has 1 N–H and O–H groups in total. The zero-order valence-electron chi connectivity index (χ0n) is 12.3. The Hall–Kier alpha value is -0.120. The van der Waals surface area contributed by atoms with Crippen LogP contribution in [0.1, 0.15) is 47.0 Å². The Morgan fingerprint density at radius 2 is 2.12 bits per heavy atom. The van der Waals surface area contributed by atoms with E-state index in [-0.39, 0.29) is 5.54 Å². The van der Waals surface area contributed by atoms with E-state index in [1.165, 1.54) is 19.3 Å². The lowest BCUT2D eigenvalue weighted by atomic mass is 9.91. The maximum Gasteiger partial charge on any atom is 0.0618 e. The van der Waals surface area contributed by atoms with E-state index in [0.717, 1.165) is 19.7 Å². The van der Waals surface area contributed by atoms with Crippen LogP contribution in [0.3, 0.4) is 0 Å². The molecule has 0 aromatic heterocycles. The summed E-state index contributed by atoms with van der Waals surface area (Å²) < 4.78 is 5.38. The lowest BCUT2D eigenvalue weighted by Crippen LogP contribution is -2.65. The largest absolute Gasteiger partial charge is 0.383 e. The van der Waals surface area contributed by atoms with Gasteiger partial charge in [-0.1, -0.05) is 20.8 Å². The Labute approximate surface area is 107 Å². The zero-order valence-corrected chi connectivity index (χ0v) is 12.3. The molecule has 1 aliphatic heterocycles. The highest BCUT2D eigenvalue weighted by atomic mass is 16.5. The van der Waals surface area contributed by atoms with Gasteiger partial charge in [-0.3, -0.25) is 4.90 Å². The van der Waals surface area contributed by atoms with Crippen molar-refractivity contribution in [1.29, 1.82) is 0 Å². The van der Waals surface area contributed by atoms with Crippen molar-refractivity contribution in [2.75, 3.05) is 26.8 Å². The van der Waals surface area contributed by atoms with E-state index in [1.807, 2.05) is 7.11 Å². The Balaban J connectivity index is 2.74. The van der Waals surface area contributed by atoms with E-state index in [1.54, 1.807) is 0 Å². The summed E-state index contributed by atoms with van der Waals surface area (Å²) in [6.07, 6.45) is 3.57. The third-order valence-electron chi connectivity index (χ3n) is 4.32. The molecule has 1 saturated heterocycles. The van der Waals surface area contributed by atoms with Gasteiger partial charge in [0.05, 0.1) is 6.61 Å². The monoisotopic (exact) mass is 242 g/mol. The predicted molar refractivity (Wildman–Crippen MR) is 73.4 cm³/mol. The van der Waals surface area contributed by atoms with Gasteiger partial charge in [-0.25, -0.2) is 0 Å². The summed E-state index contributed by atoms with van der Waals surface area (Å²) in [5, 5.41) is 3.71. The summed E-state index contributed by atoms with van der Waals surface area (Å²) in [4.78, 5) is 2.67. The van der Waals surface area contributed by atoms with Crippen molar-refractivity contribution in [2.24, 2.45) is 0 Å². The summed E-state index contributed by atoms with van der Waals surface area (Å²) in [5.41, 5.74) is 0.271. The molecule has 0 radical (unpaired) electrons. The van der Waals surface area contributed by atoms with Crippen molar-refractivity contribution in [3.63, 3.8) is 0 Å². The molecule has 17 heavy (non-hydrogen) atoms. The SMILES string of the molecule is CCC1CNC(C)(CC)CN1C(CC)COC. The van der Waals surface area contributed by atoms with Crippen LogP contribution < -0.4 is 5.32 Å². The standard InChI is InChI=1S/C14H30N2O/c1-6-12-9-15-14(4,8-3)11-16(12)13(7-2)10-17-5/h12-13,15H,6-11H2,1-5H3. The maximum absolute atomic E-state index is 5.38. The summed E-state index contributed by atoms with van der Waals surface area (Å²) >= 11 is 0. The summed E-state index contributed by atoms with van der Waals surface area (Å²) in [5.74, 6) is 0. The molecule has 3 nitrogen and oxygen atoms in total. The van der Waals surface area contributed by atoms with E-state index in [0.29, 0.717) is 12.1 Å². The molecule has 1 aliphatic rings. The normalized spacial score (nSPS) is 32.6. The molecule has 102 valence electrons. The third kappa shape index (κ3) is 3.67. The molecule has 1 fully saturated rings. The fourth-order valence-electron chi connectivity index (χ4n) is 2.75. The highest BCUT2D eigenvalue weighted by Gasteiger charge is 2.36. The third-order valence-corrected chi connectivity index (χ3v) is 4.32. The van der Waals surface area contributed by atoms with E-state index in [4.69, 9.17) is 4.74 Å².